The first kappa shape index (κ1) is 16.5. The second-order valence-electron chi connectivity index (χ2n) is 6.96. The maximum absolute atomic E-state index is 12.2. The van der Waals surface area contributed by atoms with Crippen molar-refractivity contribution in [3.05, 3.63) is 12.3 Å². The number of nitrogens with zero attached hydrogens (tertiary/aromatic N) is 4. The van der Waals surface area contributed by atoms with Crippen LogP contribution >= 0.6 is 11.3 Å². The quantitative estimate of drug-likeness (QED) is 0.881. The minimum Gasteiger partial charge on any atom is -0.364 e. The molecule has 1 saturated heterocycles. The van der Waals surface area contributed by atoms with Gasteiger partial charge in [-0.15, -0.1) is 10.2 Å². The summed E-state index contributed by atoms with van der Waals surface area (Å²) in [6.07, 6.45) is 9.05. The number of piperidine rings is 1. The molecule has 0 aromatic carbocycles. The minimum absolute atomic E-state index is 0.231. The molecule has 2 fully saturated rings. The molecule has 0 atom stereocenters. The second kappa shape index (κ2) is 7.51. The van der Waals surface area contributed by atoms with E-state index in [9.17, 15) is 4.79 Å². The van der Waals surface area contributed by atoms with Gasteiger partial charge in [0.25, 0.3) is 0 Å². The number of anilines is 1. The van der Waals surface area contributed by atoms with Crippen molar-refractivity contribution in [3.63, 3.8) is 0 Å². The molecule has 1 N–H and O–H groups in total. The Morgan fingerprint density at radius 1 is 1.24 bits per heavy atom. The highest BCUT2D eigenvalue weighted by atomic mass is 32.1. The fraction of sp³-hybridized carbons (Fsp3) is 0.647. The summed E-state index contributed by atoms with van der Waals surface area (Å²) >= 11 is 1.54. The molecule has 134 valence electrons. The van der Waals surface area contributed by atoms with Crippen molar-refractivity contribution in [2.75, 3.05) is 18.0 Å². The Labute approximate surface area is 150 Å². The van der Waals surface area contributed by atoms with E-state index in [1.807, 2.05) is 0 Å². The number of hydrogen-bond acceptors (Lipinski definition) is 7. The van der Waals surface area contributed by atoms with Crippen LogP contribution in [-0.2, 0) is 4.79 Å². The van der Waals surface area contributed by atoms with Gasteiger partial charge >= 0.3 is 0 Å². The number of carbonyl (C=O) groups excluding carboxylic acids is 1. The van der Waals surface area contributed by atoms with Gasteiger partial charge in [0.1, 0.15) is 12.0 Å². The summed E-state index contributed by atoms with van der Waals surface area (Å²) in [5, 5.41) is 17.3. The molecule has 8 heteroatoms. The average Bonchev–Trinajstić information content (AvgIpc) is 3.37. The largest absolute Gasteiger partial charge is 0.364 e. The van der Waals surface area contributed by atoms with E-state index in [1.165, 1.54) is 24.2 Å². The topological polar surface area (TPSA) is 84.2 Å². The molecule has 0 bridgehead atoms. The van der Waals surface area contributed by atoms with E-state index < -0.39 is 0 Å². The van der Waals surface area contributed by atoms with Crippen LogP contribution in [0, 0.1) is 5.92 Å². The maximum Gasteiger partial charge on any atom is 0.220 e. The predicted octanol–water partition coefficient (Wildman–Crippen LogP) is 2.86. The van der Waals surface area contributed by atoms with Crippen molar-refractivity contribution < 1.29 is 9.32 Å². The van der Waals surface area contributed by atoms with Gasteiger partial charge in [0, 0.05) is 31.6 Å². The standard InChI is InChI=1S/C17H23N5O2S/c23-15(18-13-3-1-2-4-13)11-12-5-8-22(9-6-12)17-20-19-16(25-17)14-7-10-24-21-14/h7,10,12-13H,1-6,8-9,11H2,(H,18,23). The number of amides is 1. The minimum atomic E-state index is 0.231. The van der Waals surface area contributed by atoms with E-state index in [4.69, 9.17) is 4.52 Å². The third-order valence-electron chi connectivity index (χ3n) is 5.15. The molecule has 0 unspecified atom stereocenters. The summed E-state index contributed by atoms with van der Waals surface area (Å²) in [6.45, 7) is 1.85. The van der Waals surface area contributed by atoms with Crippen LogP contribution in [0.25, 0.3) is 10.7 Å². The number of carbonyl (C=O) groups is 1. The molecule has 4 rings (SSSR count). The summed E-state index contributed by atoms with van der Waals surface area (Å²) in [4.78, 5) is 14.4. The maximum atomic E-state index is 12.2. The van der Waals surface area contributed by atoms with Crippen LogP contribution in [0.5, 0.6) is 0 Å². The van der Waals surface area contributed by atoms with Gasteiger partial charge in [-0.3, -0.25) is 4.79 Å². The van der Waals surface area contributed by atoms with Crippen molar-refractivity contribution >= 4 is 22.4 Å². The van der Waals surface area contributed by atoms with Crippen LogP contribution in [0.3, 0.4) is 0 Å². The van der Waals surface area contributed by atoms with Crippen LogP contribution < -0.4 is 10.2 Å². The summed E-state index contributed by atoms with van der Waals surface area (Å²) in [5.41, 5.74) is 0.724. The normalized spacial score (nSPS) is 19.4. The number of hydrogen-bond donors (Lipinski definition) is 1. The van der Waals surface area contributed by atoms with E-state index >= 15 is 0 Å². The van der Waals surface area contributed by atoms with E-state index in [1.54, 1.807) is 12.3 Å². The molecule has 1 saturated carbocycles. The highest BCUT2D eigenvalue weighted by Crippen LogP contribution is 2.31. The molecule has 0 spiro atoms. The monoisotopic (exact) mass is 361 g/mol. The van der Waals surface area contributed by atoms with Gasteiger partial charge in [-0.05, 0) is 31.6 Å². The first-order chi connectivity index (χ1) is 12.3. The first-order valence-corrected chi connectivity index (χ1v) is 9.88. The van der Waals surface area contributed by atoms with Crippen molar-refractivity contribution in [1.29, 1.82) is 0 Å². The van der Waals surface area contributed by atoms with Crippen LogP contribution in [0.2, 0.25) is 0 Å². The van der Waals surface area contributed by atoms with Gasteiger partial charge in [0.2, 0.25) is 11.0 Å². The molecule has 7 nitrogen and oxygen atoms in total. The fourth-order valence-corrected chi connectivity index (χ4v) is 4.57. The zero-order valence-electron chi connectivity index (χ0n) is 14.2. The molecule has 0 radical (unpaired) electrons. The first-order valence-electron chi connectivity index (χ1n) is 9.06. The summed E-state index contributed by atoms with van der Waals surface area (Å²) in [6, 6.07) is 2.21. The molecule has 1 aliphatic carbocycles. The van der Waals surface area contributed by atoms with E-state index in [-0.39, 0.29) is 5.91 Å². The Balaban J connectivity index is 1.26. The zero-order chi connectivity index (χ0) is 17.1. The van der Waals surface area contributed by atoms with Crippen LogP contribution in [-0.4, -0.2) is 40.4 Å². The SMILES string of the molecule is O=C(CC1CCN(c2nnc(-c3ccon3)s2)CC1)NC1CCCC1. The van der Waals surface area contributed by atoms with Crippen LogP contribution in [0.15, 0.2) is 16.9 Å². The number of rotatable bonds is 5. The fourth-order valence-electron chi connectivity index (χ4n) is 3.72. The third kappa shape index (κ3) is 4.00. The lowest BCUT2D eigenvalue weighted by molar-refractivity contribution is -0.122. The molecule has 25 heavy (non-hydrogen) atoms. The lowest BCUT2D eigenvalue weighted by atomic mass is 9.93. The molecule has 1 aliphatic heterocycles. The van der Waals surface area contributed by atoms with E-state index in [2.05, 4.69) is 25.6 Å². The highest BCUT2D eigenvalue weighted by Gasteiger charge is 2.25. The zero-order valence-corrected chi connectivity index (χ0v) is 15.0. The van der Waals surface area contributed by atoms with Crippen LogP contribution in [0.1, 0.15) is 44.9 Å². The van der Waals surface area contributed by atoms with Crippen molar-refractivity contribution in [3.8, 4) is 10.7 Å². The van der Waals surface area contributed by atoms with Crippen molar-refractivity contribution in [1.82, 2.24) is 20.7 Å². The molecule has 2 aromatic rings. The highest BCUT2D eigenvalue weighted by molar-refractivity contribution is 7.18. The molecule has 2 aliphatic rings. The van der Waals surface area contributed by atoms with Gasteiger partial charge in [0.15, 0.2) is 5.01 Å². The van der Waals surface area contributed by atoms with Crippen molar-refractivity contribution in [2.45, 2.75) is 51.0 Å². The Kier molecular flexibility index (Phi) is 4.96. The molecule has 1 amide bonds. The molecular weight excluding hydrogens is 338 g/mol. The lowest BCUT2D eigenvalue weighted by Crippen LogP contribution is -2.38. The Hall–Kier alpha value is -1.96. The van der Waals surface area contributed by atoms with Gasteiger partial charge in [-0.1, -0.05) is 29.3 Å². The molecular formula is C17H23N5O2S. The lowest BCUT2D eigenvalue weighted by Gasteiger charge is -2.31. The Morgan fingerprint density at radius 2 is 2.04 bits per heavy atom. The Bertz CT molecular complexity index is 688. The predicted molar refractivity (Wildman–Crippen MR) is 95.4 cm³/mol. The van der Waals surface area contributed by atoms with Crippen LogP contribution in [0.4, 0.5) is 5.13 Å². The summed E-state index contributed by atoms with van der Waals surface area (Å²) in [5.74, 6) is 0.704. The van der Waals surface area contributed by atoms with Gasteiger partial charge < -0.3 is 14.7 Å². The van der Waals surface area contributed by atoms with Crippen molar-refractivity contribution in [2.24, 2.45) is 5.92 Å². The average molecular weight is 361 g/mol. The molecule has 3 heterocycles. The summed E-state index contributed by atoms with van der Waals surface area (Å²) < 4.78 is 4.86. The van der Waals surface area contributed by atoms with Gasteiger partial charge in [-0.2, -0.15) is 0 Å². The van der Waals surface area contributed by atoms with E-state index in [0.29, 0.717) is 18.4 Å². The third-order valence-corrected chi connectivity index (χ3v) is 6.16. The van der Waals surface area contributed by atoms with Gasteiger partial charge in [0.05, 0.1) is 0 Å². The summed E-state index contributed by atoms with van der Waals surface area (Å²) in [7, 11) is 0. The Morgan fingerprint density at radius 3 is 2.76 bits per heavy atom. The van der Waals surface area contributed by atoms with Gasteiger partial charge in [-0.25, -0.2) is 0 Å². The smallest absolute Gasteiger partial charge is 0.220 e. The number of nitrogens with one attached hydrogen (secondary N) is 1. The number of aromatic nitrogens is 3. The molecule has 2 aromatic heterocycles. The van der Waals surface area contributed by atoms with E-state index in [0.717, 1.165) is 54.6 Å². The second-order valence-corrected chi connectivity index (χ2v) is 7.91.